The maximum atomic E-state index is 11.1. The molecule has 4 nitrogen and oxygen atoms in total. The molecule has 0 atom stereocenters. The number of rotatable bonds is 8. The lowest BCUT2D eigenvalue weighted by molar-refractivity contribution is -0.136. The molecular formula is C35H51NO3. The smallest absolute Gasteiger partial charge is 0.303 e. The molecule has 0 aromatic heterocycles. The van der Waals surface area contributed by atoms with Gasteiger partial charge in [-0.2, -0.15) is 0 Å². The molecule has 39 heavy (non-hydrogen) atoms. The first-order chi connectivity index (χ1) is 19.0. The maximum absolute atomic E-state index is 11.1. The fourth-order valence-electron chi connectivity index (χ4n) is 3.75. The van der Waals surface area contributed by atoms with Crippen molar-refractivity contribution in [2.45, 2.75) is 74.7 Å². The number of benzene rings is 3. The second-order valence-electron chi connectivity index (χ2n) is 7.54. The molecule has 0 aliphatic heterocycles. The average molecular weight is 534 g/mol. The number of carboxylic acid groups (broad SMARTS) is 1. The number of fused-ring (bicyclic) bond motifs is 1. The lowest BCUT2D eigenvalue weighted by Crippen LogP contribution is -1.99. The third-order valence-electron chi connectivity index (χ3n) is 5.28. The molecule has 0 amide bonds. The zero-order chi connectivity index (χ0) is 30.2. The van der Waals surface area contributed by atoms with Crippen LogP contribution in [0.4, 0.5) is 0 Å². The van der Waals surface area contributed by atoms with Crippen LogP contribution in [0.25, 0.3) is 22.4 Å². The summed E-state index contributed by atoms with van der Waals surface area (Å²) in [6.45, 7) is 19.3. The van der Waals surface area contributed by atoms with Crippen molar-refractivity contribution in [3.63, 3.8) is 0 Å². The topological polar surface area (TPSA) is 72.5 Å². The van der Waals surface area contributed by atoms with Gasteiger partial charge in [0, 0.05) is 12.0 Å². The minimum absolute atomic E-state index is 0.123. The number of nitrogens with two attached hydrogens (primary N) is 1. The van der Waals surface area contributed by atoms with Crippen LogP contribution < -0.4 is 5.73 Å². The van der Waals surface area contributed by atoms with Crippen molar-refractivity contribution in [3.05, 3.63) is 108 Å². The molecule has 0 spiro atoms. The van der Waals surface area contributed by atoms with Crippen LogP contribution in [-0.2, 0) is 16.0 Å². The van der Waals surface area contributed by atoms with Gasteiger partial charge in [-0.3, -0.25) is 4.79 Å². The summed E-state index contributed by atoms with van der Waals surface area (Å²) in [5, 5.41) is 11.3. The number of methoxy groups -OCH3 is 1. The summed E-state index contributed by atoms with van der Waals surface area (Å²) >= 11 is 0. The zero-order valence-electron chi connectivity index (χ0n) is 25.7. The first-order valence-electron chi connectivity index (χ1n) is 14.0. The Labute approximate surface area is 237 Å². The highest BCUT2D eigenvalue weighted by Crippen LogP contribution is 2.33. The van der Waals surface area contributed by atoms with Crippen molar-refractivity contribution < 1.29 is 14.6 Å². The molecule has 4 heteroatoms. The van der Waals surface area contributed by atoms with Crippen molar-refractivity contribution in [3.8, 4) is 0 Å². The number of aryl methyl sites for hydroxylation is 2. The van der Waals surface area contributed by atoms with Gasteiger partial charge >= 0.3 is 5.97 Å². The number of carbonyl (C=O) groups is 1. The highest BCUT2D eigenvalue weighted by atomic mass is 16.5. The Morgan fingerprint density at radius 1 is 0.923 bits per heavy atom. The lowest BCUT2D eigenvalue weighted by Gasteiger charge is -2.16. The Bertz CT molecular complexity index is 1160. The van der Waals surface area contributed by atoms with Gasteiger partial charge in [0.1, 0.15) is 5.76 Å². The van der Waals surface area contributed by atoms with E-state index in [1.165, 1.54) is 11.8 Å². The number of hydrogen-bond acceptors (Lipinski definition) is 3. The van der Waals surface area contributed by atoms with Crippen molar-refractivity contribution in [2.75, 3.05) is 7.11 Å². The molecule has 0 unspecified atom stereocenters. The molecule has 0 saturated heterocycles. The largest absolute Gasteiger partial charge is 0.496 e. The van der Waals surface area contributed by atoms with Crippen LogP contribution in [0.15, 0.2) is 85.3 Å². The highest BCUT2D eigenvalue weighted by molar-refractivity contribution is 5.99. The van der Waals surface area contributed by atoms with E-state index in [-0.39, 0.29) is 6.42 Å². The summed E-state index contributed by atoms with van der Waals surface area (Å²) in [6, 6.07) is 20.6. The quantitative estimate of drug-likeness (QED) is 0.223. The number of aliphatic carboxylic acids is 1. The molecular weight excluding hydrogens is 482 g/mol. The van der Waals surface area contributed by atoms with Gasteiger partial charge in [-0.05, 0) is 65.1 Å². The summed E-state index contributed by atoms with van der Waals surface area (Å²) in [6.07, 6.45) is 7.03. The van der Waals surface area contributed by atoms with Crippen molar-refractivity contribution >= 4 is 28.4 Å². The normalized spacial score (nSPS) is 10.2. The molecule has 0 bridgehead atoms. The Morgan fingerprint density at radius 3 is 2.03 bits per heavy atom. The molecule has 3 rings (SSSR count). The standard InChI is InChI=1S/C27H28O3.C2H5N.3C2H6/c1-4-9-25(26(30-3)18-21-11-6-5-10-19(21)2)24-15-8-13-22-20(16-17-27(28)29)12-7-14-23(22)24;1-2-3;3*1-2/h5-15,18H,4,16-17H2,1-3H3,(H,28,29);2H,1,3H2;3*1-2H3/b25-9+,26-18+;;;;. The van der Waals surface area contributed by atoms with Gasteiger partial charge in [-0.25, -0.2) is 0 Å². The molecule has 0 aliphatic carbocycles. The Morgan fingerprint density at radius 2 is 1.49 bits per heavy atom. The van der Waals surface area contributed by atoms with Gasteiger partial charge in [0.05, 0.1) is 7.11 Å². The molecule has 0 radical (unpaired) electrons. The average Bonchev–Trinajstić information content (AvgIpc) is 2.98. The van der Waals surface area contributed by atoms with Gasteiger partial charge in [0.2, 0.25) is 0 Å². The second kappa shape index (κ2) is 23.3. The van der Waals surface area contributed by atoms with Crippen LogP contribution in [0.3, 0.4) is 0 Å². The summed E-state index contributed by atoms with van der Waals surface area (Å²) in [5.41, 5.74) is 10.1. The van der Waals surface area contributed by atoms with Crippen LogP contribution in [0.5, 0.6) is 0 Å². The van der Waals surface area contributed by atoms with E-state index < -0.39 is 5.97 Å². The minimum Gasteiger partial charge on any atom is -0.496 e. The van der Waals surface area contributed by atoms with Gasteiger partial charge in [0.25, 0.3) is 0 Å². The van der Waals surface area contributed by atoms with Crippen molar-refractivity contribution in [2.24, 2.45) is 5.73 Å². The van der Waals surface area contributed by atoms with E-state index in [1.54, 1.807) is 7.11 Å². The Balaban J connectivity index is 0. The molecule has 3 aromatic carbocycles. The summed E-state index contributed by atoms with van der Waals surface area (Å²) in [7, 11) is 1.71. The predicted molar refractivity (Wildman–Crippen MR) is 173 cm³/mol. The van der Waals surface area contributed by atoms with Gasteiger partial charge in [-0.15, -0.1) is 0 Å². The highest BCUT2D eigenvalue weighted by Gasteiger charge is 2.14. The van der Waals surface area contributed by atoms with E-state index >= 15 is 0 Å². The first-order valence-corrected chi connectivity index (χ1v) is 14.0. The number of ether oxygens (including phenoxy) is 1. The van der Waals surface area contributed by atoms with Crippen LogP contribution in [-0.4, -0.2) is 18.2 Å². The lowest BCUT2D eigenvalue weighted by atomic mass is 9.92. The maximum Gasteiger partial charge on any atom is 0.303 e. The summed E-state index contributed by atoms with van der Waals surface area (Å²) in [5.74, 6) is 0.0344. The first kappa shape index (κ1) is 37.4. The SMILES string of the molecule is C=CN.CC.CC.CC.CC/C=C(/C(=C\c1ccccc1C)OC)c1cccc2c(CCC(=O)O)cccc12. The van der Waals surface area contributed by atoms with E-state index in [4.69, 9.17) is 9.84 Å². The van der Waals surface area contributed by atoms with E-state index in [9.17, 15) is 4.79 Å². The molecule has 3 aromatic rings. The van der Waals surface area contributed by atoms with Crippen molar-refractivity contribution in [1.29, 1.82) is 0 Å². The monoisotopic (exact) mass is 533 g/mol. The summed E-state index contributed by atoms with van der Waals surface area (Å²) < 4.78 is 5.85. The fourth-order valence-corrected chi connectivity index (χ4v) is 3.75. The van der Waals surface area contributed by atoms with Crippen LogP contribution in [0.2, 0.25) is 0 Å². The molecule has 0 fully saturated rings. The summed E-state index contributed by atoms with van der Waals surface area (Å²) in [4.78, 5) is 11.1. The molecule has 0 aliphatic rings. The number of carboxylic acids is 1. The molecule has 3 N–H and O–H groups in total. The second-order valence-corrected chi connectivity index (χ2v) is 7.54. The van der Waals surface area contributed by atoms with E-state index in [2.05, 4.69) is 68.6 Å². The van der Waals surface area contributed by atoms with Gasteiger partial charge < -0.3 is 15.6 Å². The predicted octanol–water partition coefficient (Wildman–Crippen LogP) is 9.81. The van der Waals surface area contributed by atoms with E-state index in [1.807, 2.05) is 71.9 Å². The van der Waals surface area contributed by atoms with Gasteiger partial charge in [-0.1, -0.05) is 122 Å². The minimum atomic E-state index is -0.780. The Kier molecular flexibility index (Phi) is 22.4. The van der Waals surface area contributed by atoms with Crippen LogP contribution in [0.1, 0.15) is 83.6 Å². The van der Waals surface area contributed by atoms with Crippen LogP contribution >= 0.6 is 0 Å². The van der Waals surface area contributed by atoms with Crippen LogP contribution in [0, 0.1) is 6.92 Å². The molecule has 214 valence electrons. The Hall–Kier alpha value is -3.79. The fraction of sp³-hybridized carbons (Fsp3) is 0.343. The zero-order valence-corrected chi connectivity index (χ0v) is 25.7. The number of allylic oxidation sites excluding steroid dienone is 2. The van der Waals surface area contributed by atoms with Crippen molar-refractivity contribution in [1.82, 2.24) is 0 Å². The van der Waals surface area contributed by atoms with Gasteiger partial charge in [0.15, 0.2) is 0 Å². The third-order valence-corrected chi connectivity index (χ3v) is 5.28. The third kappa shape index (κ3) is 12.5. The molecule has 0 saturated carbocycles. The van der Waals surface area contributed by atoms with E-state index in [0.717, 1.165) is 45.2 Å². The molecule has 0 heterocycles. The number of hydrogen-bond donors (Lipinski definition) is 2. The van der Waals surface area contributed by atoms with E-state index in [0.29, 0.717) is 6.42 Å².